The van der Waals surface area contributed by atoms with Gasteiger partial charge in [0.1, 0.15) is 0 Å². The Morgan fingerprint density at radius 2 is 2.08 bits per heavy atom. The van der Waals surface area contributed by atoms with Crippen LogP contribution in [0.2, 0.25) is 0 Å². The van der Waals surface area contributed by atoms with Gasteiger partial charge >= 0.3 is 0 Å². The topological polar surface area (TPSA) is 67.9 Å². The number of carbonyl (C=O) groups excluding carboxylic acids is 2. The molecule has 0 aliphatic carbocycles. The van der Waals surface area contributed by atoms with Gasteiger partial charge in [-0.05, 0) is 38.5 Å². The van der Waals surface area contributed by atoms with Crippen LogP contribution in [0, 0.1) is 17.3 Å². The van der Waals surface area contributed by atoms with Crippen LogP contribution in [-0.2, 0) is 19.1 Å². The highest BCUT2D eigenvalue weighted by Gasteiger charge is 2.56. The van der Waals surface area contributed by atoms with Crippen LogP contribution in [0.15, 0.2) is 12.2 Å². The zero-order valence-corrected chi connectivity index (χ0v) is 15.9. The molecular weight excluding hydrogens is 332 g/mol. The van der Waals surface area contributed by atoms with Crippen molar-refractivity contribution in [1.29, 1.82) is 0 Å². The van der Waals surface area contributed by atoms with Gasteiger partial charge in [0.05, 0.1) is 18.6 Å². The molecule has 1 N–H and O–H groups in total. The van der Waals surface area contributed by atoms with Crippen LogP contribution in [-0.4, -0.2) is 62.8 Å². The van der Waals surface area contributed by atoms with Gasteiger partial charge in [-0.2, -0.15) is 0 Å². The number of hydrogen-bond acceptors (Lipinski definition) is 4. The maximum absolute atomic E-state index is 13.0. The van der Waals surface area contributed by atoms with Crippen molar-refractivity contribution in [3.8, 4) is 0 Å². The number of allylic oxidation sites excluding steroid dienone is 2. The van der Waals surface area contributed by atoms with Crippen LogP contribution in [0.25, 0.3) is 0 Å². The number of ether oxygens (including phenoxy) is 2. The van der Waals surface area contributed by atoms with Gasteiger partial charge in [-0.15, -0.1) is 0 Å². The smallest absolute Gasteiger partial charge is 0.230 e. The Balaban J connectivity index is 1.53. The lowest BCUT2D eigenvalue weighted by molar-refractivity contribution is -0.134. The van der Waals surface area contributed by atoms with Crippen LogP contribution in [0.1, 0.15) is 39.0 Å². The van der Waals surface area contributed by atoms with E-state index in [1.54, 1.807) is 0 Å². The molecule has 26 heavy (non-hydrogen) atoms. The number of carbonyl (C=O) groups is 2. The first kappa shape index (κ1) is 19.4. The lowest BCUT2D eigenvalue weighted by Crippen LogP contribution is -2.48. The minimum atomic E-state index is -0.551. The number of unbranched alkanes of at least 4 members (excludes halogenated alkanes) is 1. The van der Waals surface area contributed by atoms with Crippen molar-refractivity contribution in [1.82, 2.24) is 10.2 Å². The van der Waals surface area contributed by atoms with Gasteiger partial charge in [0.15, 0.2) is 0 Å². The van der Waals surface area contributed by atoms with Crippen LogP contribution in [0.4, 0.5) is 0 Å². The number of rotatable bonds is 7. The molecule has 0 aromatic carbocycles. The quantitative estimate of drug-likeness (QED) is 0.552. The molecule has 0 saturated carbocycles. The molecule has 3 aliphatic heterocycles. The Morgan fingerprint density at radius 3 is 2.85 bits per heavy atom. The molecule has 2 amide bonds. The largest absolute Gasteiger partial charge is 0.381 e. The van der Waals surface area contributed by atoms with E-state index in [1.807, 2.05) is 17.9 Å². The van der Waals surface area contributed by atoms with Crippen LogP contribution < -0.4 is 5.32 Å². The molecular formula is C20H32N2O4. The summed E-state index contributed by atoms with van der Waals surface area (Å²) >= 11 is 0. The molecule has 146 valence electrons. The van der Waals surface area contributed by atoms with Crippen molar-refractivity contribution >= 4 is 11.8 Å². The Bertz CT molecular complexity index is 530. The second-order valence-corrected chi connectivity index (χ2v) is 7.87. The minimum absolute atomic E-state index is 0.0655. The van der Waals surface area contributed by atoms with E-state index in [0.717, 1.165) is 38.9 Å². The molecule has 6 nitrogen and oxygen atoms in total. The van der Waals surface area contributed by atoms with Gasteiger partial charge < -0.3 is 19.7 Å². The van der Waals surface area contributed by atoms with Gasteiger partial charge in [-0.25, -0.2) is 0 Å². The van der Waals surface area contributed by atoms with Crippen molar-refractivity contribution in [3.05, 3.63) is 12.2 Å². The van der Waals surface area contributed by atoms with E-state index in [9.17, 15) is 9.59 Å². The number of nitrogens with zero attached hydrogens (tertiary/aromatic N) is 1. The monoisotopic (exact) mass is 364 g/mol. The third-order valence-corrected chi connectivity index (χ3v) is 6.07. The molecule has 3 aliphatic rings. The average molecular weight is 364 g/mol. The van der Waals surface area contributed by atoms with Gasteiger partial charge in [0.25, 0.3) is 0 Å². The molecule has 0 bridgehead atoms. The summed E-state index contributed by atoms with van der Waals surface area (Å²) in [6, 6.07) is 0. The van der Waals surface area contributed by atoms with Gasteiger partial charge in [0.2, 0.25) is 11.8 Å². The maximum atomic E-state index is 13.0. The van der Waals surface area contributed by atoms with E-state index in [0.29, 0.717) is 45.2 Å². The first-order valence-corrected chi connectivity index (χ1v) is 9.98. The molecule has 3 heterocycles. The molecule has 0 radical (unpaired) electrons. The zero-order valence-electron chi connectivity index (χ0n) is 15.9. The zero-order chi connectivity index (χ0) is 18.4. The first-order chi connectivity index (χ1) is 12.7. The highest BCUT2D eigenvalue weighted by Crippen LogP contribution is 2.42. The molecule has 6 heteroatoms. The lowest BCUT2D eigenvalue weighted by atomic mass is 9.80. The summed E-state index contributed by atoms with van der Waals surface area (Å²) in [5.74, 6) is 0.850. The van der Waals surface area contributed by atoms with Gasteiger partial charge in [0, 0.05) is 45.2 Å². The number of likely N-dealkylation sites (tertiary alicyclic amines) is 1. The molecule has 2 atom stereocenters. The summed E-state index contributed by atoms with van der Waals surface area (Å²) in [4.78, 5) is 27.4. The summed E-state index contributed by atoms with van der Waals surface area (Å²) in [5, 5.41) is 3.15. The number of nitrogens with one attached hydrogen (secondary N) is 1. The summed E-state index contributed by atoms with van der Waals surface area (Å²) < 4.78 is 11.0. The highest BCUT2D eigenvalue weighted by molar-refractivity contribution is 5.86. The van der Waals surface area contributed by atoms with Crippen molar-refractivity contribution in [2.45, 2.75) is 39.0 Å². The third kappa shape index (κ3) is 4.29. The van der Waals surface area contributed by atoms with E-state index < -0.39 is 5.41 Å². The van der Waals surface area contributed by atoms with Gasteiger partial charge in [-0.1, -0.05) is 12.2 Å². The SMILES string of the molecule is CC=CCCCC(=O)N1C[C@@H]2COC[C@]2(C(=O)NCC2CCOCC2)C1. The molecule has 3 fully saturated rings. The summed E-state index contributed by atoms with van der Waals surface area (Å²) in [5.41, 5.74) is -0.551. The fraction of sp³-hybridized carbons (Fsp3) is 0.800. The van der Waals surface area contributed by atoms with Crippen molar-refractivity contribution in [3.63, 3.8) is 0 Å². The molecule has 3 saturated heterocycles. The van der Waals surface area contributed by atoms with E-state index in [2.05, 4.69) is 11.4 Å². The molecule has 0 unspecified atom stereocenters. The van der Waals surface area contributed by atoms with Crippen LogP contribution in [0.5, 0.6) is 0 Å². The van der Waals surface area contributed by atoms with Crippen molar-refractivity contribution in [2.24, 2.45) is 17.3 Å². The van der Waals surface area contributed by atoms with E-state index >= 15 is 0 Å². The predicted molar refractivity (Wildman–Crippen MR) is 98.5 cm³/mol. The number of hydrogen-bond donors (Lipinski definition) is 1. The number of fused-ring (bicyclic) bond motifs is 1. The second-order valence-electron chi connectivity index (χ2n) is 7.87. The van der Waals surface area contributed by atoms with E-state index in [-0.39, 0.29) is 17.7 Å². The predicted octanol–water partition coefficient (Wildman–Crippen LogP) is 1.75. The standard InChI is InChI=1S/C20H32N2O4/c1-2-3-4-5-6-18(23)22-12-17-13-26-15-20(17,14-22)19(24)21-11-16-7-9-25-10-8-16/h2-3,16-17H,4-15H2,1H3,(H,21,24)/t17-,20-/m1/s1. The Kier molecular flexibility index (Phi) is 6.70. The van der Waals surface area contributed by atoms with Gasteiger partial charge in [-0.3, -0.25) is 9.59 Å². The Hall–Kier alpha value is -1.40. The average Bonchev–Trinajstić information content (AvgIpc) is 3.22. The number of amides is 2. The second kappa shape index (κ2) is 9.00. The maximum Gasteiger partial charge on any atom is 0.230 e. The van der Waals surface area contributed by atoms with E-state index in [1.165, 1.54) is 0 Å². The van der Waals surface area contributed by atoms with Crippen molar-refractivity contribution in [2.75, 3.05) is 46.1 Å². The Labute approximate surface area is 156 Å². The first-order valence-electron chi connectivity index (χ1n) is 9.98. The minimum Gasteiger partial charge on any atom is -0.381 e. The highest BCUT2D eigenvalue weighted by atomic mass is 16.5. The lowest BCUT2D eigenvalue weighted by Gasteiger charge is -2.28. The molecule has 0 aromatic heterocycles. The molecule has 0 aromatic rings. The summed E-state index contributed by atoms with van der Waals surface area (Å²) in [6.07, 6.45) is 8.46. The fourth-order valence-electron chi connectivity index (χ4n) is 4.31. The normalized spacial score (nSPS) is 29.3. The fourth-order valence-corrected chi connectivity index (χ4v) is 4.31. The molecule has 3 rings (SSSR count). The van der Waals surface area contributed by atoms with E-state index in [4.69, 9.17) is 9.47 Å². The van der Waals surface area contributed by atoms with Crippen LogP contribution in [0.3, 0.4) is 0 Å². The summed E-state index contributed by atoms with van der Waals surface area (Å²) in [7, 11) is 0. The molecule has 0 spiro atoms. The van der Waals surface area contributed by atoms with Crippen LogP contribution >= 0.6 is 0 Å². The third-order valence-electron chi connectivity index (χ3n) is 6.07. The summed E-state index contributed by atoms with van der Waals surface area (Å²) in [6.45, 7) is 6.42. The Morgan fingerprint density at radius 1 is 1.27 bits per heavy atom. The van der Waals surface area contributed by atoms with Crippen molar-refractivity contribution < 1.29 is 19.1 Å².